The highest BCUT2D eigenvalue weighted by molar-refractivity contribution is 9.10. The van der Waals surface area contributed by atoms with E-state index in [-0.39, 0.29) is 12.6 Å². The summed E-state index contributed by atoms with van der Waals surface area (Å²) in [7, 11) is 0. The fraction of sp³-hybridized carbons (Fsp3) is 0.545. The lowest BCUT2D eigenvalue weighted by atomic mass is 10.1. The maximum Gasteiger partial charge on any atom is 0.261 e. The van der Waals surface area contributed by atoms with Crippen molar-refractivity contribution in [3.63, 3.8) is 0 Å². The van der Waals surface area contributed by atoms with E-state index in [1.165, 1.54) is 0 Å². The van der Waals surface area contributed by atoms with Crippen molar-refractivity contribution in [2.24, 2.45) is 5.84 Å². The van der Waals surface area contributed by atoms with Gasteiger partial charge in [0, 0.05) is 29.5 Å². The average Bonchev–Trinajstić information content (AvgIpc) is 2.33. The fourth-order valence-electron chi connectivity index (χ4n) is 1.49. The van der Waals surface area contributed by atoms with Crippen molar-refractivity contribution in [3.05, 3.63) is 28.5 Å². The molecular weight excluding hydrogens is 308 g/mol. The second-order valence-electron chi connectivity index (χ2n) is 3.83. The first kappa shape index (κ1) is 15.4. The monoisotopic (exact) mass is 323 g/mol. The van der Waals surface area contributed by atoms with Crippen molar-refractivity contribution >= 4 is 15.9 Å². The molecule has 0 spiro atoms. The quantitative estimate of drug-likeness (QED) is 0.436. The number of hydrogen-bond acceptors (Lipinski definition) is 4. The zero-order valence-electron chi connectivity index (χ0n) is 9.78. The van der Waals surface area contributed by atoms with Gasteiger partial charge in [0.25, 0.3) is 6.43 Å². The Balaban J connectivity index is 2.33. The van der Waals surface area contributed by atoms with Crippen molar-refractivity contribution in [3.8, 4) is 0 Å². The molecule has 0 bridgehead atoms. The van der Waals surface area contributed by atoms with Crippen LogP contribution in [0.5, 0.6) is 0 Å². The Hall–Kier alpha value is -0.630. The first-order valence-electron chi connectivity index (χ1n) is 5.53. The van der Waals surface area contributed by atoms with Crippen LogP contribution in [0.15, 0.2) is 22.9 Å². The van der Waals surface area contributed by atoms with Gasteiger partial charge in [0.15, 0.2) is 0 Å². The van der Waals surface area contributed by atoms with E-state index in [9.17, 15) is 8.78 Å². The SMILES string of the molecule is NNC(CCOCC(F)F)Cc1cncc(Br)c1. The highest BCUT2D eigenvalue weighted by Gasteiger charge is 2.09. The number of nitrogens with one attached hydrogen (secondary N) is 1. The molecule has 102 valence electrons. The van der Waals surface area contributed by atoms with E-state index < -0.39 is 13.0 Å². The zero-order valence-corrected chi connectivity index (χ0v) is 11.4. The van der Waals surface area contributed by atoms with E-state index in [4.69, 9.17) is 10.6 Å². The molecule has 0 fully saturated rings. The molecule has 1 atom stereocenters. The van der Waals surface area contributed by atoms with Crippen LogP contribution in [0.1, 0.15) is 12.0 Å². The molecule has 0 aromatic carbocycles. The molecule has 1 heterocycles. The third-order valence-electron chi connectivity index (χ3n) is 2.33. The summed E-state index contributed by atoms with van der Waals surface area (Å²) in [5, 5.41) is 0. The minimum Gasteiger partial charge on any atom is -0.375 e. The molecule has 4 nitrogen and oxygen atoms in total. The molecule has 1 aromatic rings. The topological polar surface area (TPSA) is 60.2 Å². The molecule has 1 unspecified atom stereocenters. The van der Waals surface area contributed by atoms with Gasteiger partial charge < -0.3 is 4.74 Å². The largest absolute Gasteiger partial charge is 0.375 e. The lowest BCUT2D eigenvalue weighted by Gasteiger charge is -2.15. The van der Waals surface area contributed by atoms with Crippen molar-refractivity contribution in [1.82, 2.24) is 10.4 Å². The number of hydrazine groups is 1. The van der Waals surface area contributed by atoms with Crippen LogP contribution in [-0.4, -0.2) is 30.7 Å². The molecule has 0 radical (unpaired) electrons. The number of ether oxygens (including phenoxy) is 1. The molecule has 0 aliphatic rings. The summed E-state index contributed by atoms with van der Waals surface area (Å²) < 4.78 is 29.4. The Morgan fingerprint density at radius 3 is 2.83 bits per heavy atom. The van der Waals surface area contributed by atoms with Crippen molar-refractivity contribution in [1.29, 1.82) is 0 Å². The molecule has 0 aliphatic heterocycles. The predicted octanol–water partition coefficient (Wildman–Crippen LogP) is 1.89. The number of pyridine rings is 1. The number of nitrogens with two attached hydrogens (primary N) is 1. The lowest BCUT2D eigenvalue weighted by Crippen LogP contribution is -2.37. The Bertz CT molecular complexity index is 355. The van der Waals surface area contributed by atoms with Gasteiger partial charge in [-0.2, -0.15) is 0 Å². The number of hydrogen-bond donors (Lipinski definition) is 2. The Labute approximate surface area is 113 Å². The van der Waals surface area contributed by atoms with Crippen LogP contribution in [0.4, 0.5) is 8.78 Å². The van der Waals surface area contributed by atoms with Crippen LogP contribution in [0.2, 0.25) is 0 Å². The van der Waals surface area contributed by atoms with E-state index in [2.05, 4.69) is 26.3 Å². The van der Waals surface area contributed by atoms with E-state index in [0.29, 0.717) is 12.8 Å². The van der Waals surface area contributed by atoms with Crippen LogP contribution in [0, 0.1) is 0 Å². The van der Waals surface area contributed by atoms with E-state index in [0.717, 1.165) is 10.0 Å². The van der Waals surface area contributed by atoms with Crippen molar-refractivity contribution < 1.29 is 13.5 Å². The van der Waals surface area contributed by atoms with Gasteiger partial charge in [0.05, 0.1) is 0 Å². The summed E-state index contributed by atoms with van der Waals surface area (Å²) in [5.41, 5.74) is 3.66. The molecule has 1 aromatic heterocycles. The number of alkyl halides is 2. The average molecular weight is 324 g/mol. The van der Waals surface area contributed by atoms with Crippen molar-refractivity contribution in [2.75, 3.05) is 13.2 Å². The predicted molar refractivity (Wildman–Crippen MR) is 68.2 cm³/mol. The van der Waals surface area contributed by atoms with Gasteiger partial charge in [-0.15, -0.1) is 0 Å². The molecule has 0 aliphatic carbocycles. The van der Waals surface area contributed by atoms with Gasteiger partial charge in [-0.1, -0.05) is 0 Å². The number of nitrogens with zero attached hydrogens (tertiary/aromatic N) is 1. The van der Waals surface area contributed by atoms with Gasteiger partial charge in [-0.25, -0.2) is 8.78 Å². The maximum atomic E-state index is 11.9. The van der Waals surface area contributed by atoms with Crippen LogP contribution in [0.3, 0.4) is 0 Å². The number of halogens is 3. The summed E-state index contributed by atoms with van der Waals surface area (Å²) in [5.74, 6) is 5.41. The number of aromatic nitrogens is 1. The minimum atomic E-state index is -2.43. The second kappa shape index (κ2) is 8.47. The highest BCUT2D eigenvalue weighted by atomic mass is 79.9. The summed E-state index contributed by atoms with van der Waals surface area (Å²) in [6.07, 6.45) is 2.25. The summed E-state index contributed by atoms with van der Waals surface area (Å²) >= 11 is 3.33. The molecule has 3 N–H and O–H groups in total. The van der Waals surface area contributed by atoms with Crippen LogP contribution in [0.25, 0.3) is 0 Å². The van der Waals surface area contributed by atoms with E-state index in [1.54, 1.807) is 12.4 Å². The third-order valence-corrected chi connectivity index (χ3v) is 2.77. The van der Waals surface area contributed by atoms with Crippen LogP contribution in [-0.2, 0) is 11.2 Å². The molecule has 0 saturated heterocycles. The molecular formula is C11H16BrF2N3O. The Morgan fingerprint density at radius 2 is 2.22 bits per heavy atom. The summed E-state index contributed by atoms with van der Waals surface area (Å²) in [6, 6.07) is 1.91. The van der Waals surface area contributed by atoms with Crippen LogP contribution < -0.4 is 11.3 Å². The molecule has 1 rings (SSSR count). The van der Waals surface area contributed by atoms with E-state index in [1.807, 2.05) is 6.07 Å². The molecule has 7 heteroatoms. The summed E-state index contributed by atoms with van der Waals surface area (Å²) in [6.45, 7) is -0.281. The fourth-order valence-corrected chi connectivity index (χ4v) is 1.91. The zero-order chi connectivity index (χ0) is 13.4. The minimum absolute atomic E-state index is 0.0289. The highest BCUT2D eigenvalue weighted by Crippen LogP contribution is 2.12. The first-order valence-corrected chi connectivity index (χ1v) is 6.32. The number of rotatable bonds is 8. The smallest absolute Gasteiger partial charge is 0.261 e. The van der Waals surface area contributed by atoms with Gasteiger partial charge >= 0.3 is 0 Å². The molecule has 18 heavy (non-hydrogen) atoms. The Kier molecular flexibility index (Phi) is 7.26. The second-order valence-corrected chi connectivity index (χ2v) is 4.75. The van der Waals surface area contributed by atoms with Gasteiger partial charge in [0.1, 0.15) is 6.61 Å². The standard InChI is InChI=1S/C11H16BrF2N3O/c12-9-3-8(5-16-6-9)4-10(17-15)1-2-18-7-11(13)14/h3,5-6,10-11,17H,1-2,4,7,15H2. The van der Waals surface area contributed by atoms with E-state index >= 15 is 0 Å². The van der Waals surface area contributed by atoms with Crippen LogP contribution >= 0.6 is 15.9 Å². The van der Waals surface area contributed by atoms with Gasteiger partial charge in [0.2, 0.25) is 0 Å². The maximum absolute atomic E-state index is 11.9. The first-order chi connectivity index (χ1) is 8.61. The Morgan fingerprint density at radius 1 is 1.44 bits per heavy atom. The normalized spacial score (nSPS) is 12.9. The van der Waals surface area contributed by atoms with Crippen molar-refractivity contribution in [2.45, 2.75) is 25.3 Å². The van der Waals surface area contributed by atoms with Gasteiger partial charge in [-0.3, -0.25) is 16.3 Å². The molecule has 0 saturated carbocycles. The molecule has 0 amide bonds. The third kappa shape index (κ3) is 6.34. The summed E-state index contributed by atoms with van der Waals surface area (Å²) in [4.78, 5) is 4.05. The lowest BCUT2D eigenvalue weighted by molar-refractivity contribution is 0.0144. The van der Waals surface area contributed by atoms with Gasteiger partial charge in [-0.05, 0) is 40.4 Å².